The molecule has 2 atom stereocenters. The van der Waals surface area contributed by atoms with Gasteiger partial charge in [0.25, 0.3) is 5.56 Å². The lowest BCUT2D eigenvalue weighted by Gasteiger charge is -2.20. The van der Waals surface area contributed by atoms with Gasteiger partial charge in [0.05, 0.1) is 22.3 Å². The molecule has 2 aromatic heterocycles. The molecule has 0 amide bonds. The highest BCUT2D eigenvalue weighted by atomic mass is 32.1. The molecular formula is C17H18N3OS+. The lowest BCUT2D eigenvalue weighted by atomic mass is 10.2. The molecule has 1 unspecified atom stereocenters. The van der Waals surface area contributed by atoms with Gasteiger partial charge >= 0.3 is 0 Å². The minimum absolute atomic E-state index is 0.0353. The van der Waals surface area contributed by atoms with Gasteiger partial charge in [-0.25, -0.2) is 4.98 Å². The summed E-state index contributed by atoms with van der Waals surface area (Å²) in [6.45, 7) is 1.92. The second kappa shape index (κ2) is 5.66. The Hall–Kier alpha value is -1.98. The van der Waals surface area contributed by atoms with E-state index in [-0.39, 0.29) is 5.56 Å². The van der Waals surface area contributed by atoms with Crippen LogP contribution in [0.2, 0.25) is 0 Å². The Bertz CT molecular complexity index is 840. The number of thiophene rings is 1. The third-order valence-electron chi connectivity index (χ3n) is 4.43. The van der Waals surface area contributed by atoms with Crippen LogP contribution >= 0.6 is 11.3 Å². The molecule has 3 heterocycles. The van der Waals surface area contributed by atoms with Gasteiger partial charge in [-0.2, -0.15) is 0 Å². The SMILES string of the molecule is O=c1[nH]c(C[NH+]2CCC[C@H]2c2cccs2)nc2ccccc12. The van der Waals surface area contributed by atoms with E-state index in [2.05, 4.69) is 27.5 Å². The van der Waals surface area contributed by atoms with Crippen LogP contribution in [0.3, 0.4) is 0 Å². The van der Waals surface area contributed by atoms with Gasteiger partial charge in [0.1, 0.15) is 12.6 Å². The Morgan fingerprint density at radius 3 is 3.05 bits per heavy atom. The van der Waals surface area contributed by atoms with E-state index in [9.17, 15) is 4.79 Å². The molecule has 0 radical (unpaired) electrons. The molecule has 2 N–H and O–H groups in total. The van der Waals surface area contributed by atoms with E-state index >= 15 is 0 Å². The number of benzene rings is 1. The summed E-state index contributed by atoms with van der Waals surface area (Å²) in [5, 5.41) is 2.80. The average molecular weight is 312 g/mol. The number of H-pyrrole nitrogens is 1. The van der Waals surface area contributed by atoms with Crippen LogP contribution in [0.25, 0.3) is 10.9 Å². The molecule has 1 fully saturated rings. The summed E-state index contributed by atoms with van der Waals surface area (Å²) in [6.07, 6.45) is 2.45. The Morgan fingerprint density at radius 2 is 2.18 bits per heavy atom. The van der Waals surface area contributed by atoms with Gasteiger partial charge in [0.2, 0.25) is 0 Å². The molecular weight excluding hydrogens is 294 g/mol. The van der Waals surface area contributed by atoms with Crippen LogP contribution in [0, 0.1) is 0 Å². The van der Waals surface area contributed by atoms with Crippen molar-refractivity contribution in [2.24, 2.45) is 0 Å². The zero-order chi connectivity index (χ0) is 14.9. The van der Waals surface area contributed by atoms with E-state index < -0.39 is 0 Å². The molecule has 4 nitrogen and oxygen atoms in total. The van der Waals surface area contributed by atoms with Crippen molar-refractivity contribution in [3.05, 3.63) is 62.8 Å². The smallest absolute Gasteiger partial charge is 0.258 e. The maximum absolute atomic E-state index is 12.2. The van der Waals surface area contributed by atoms with Crippen LogP contribution in [0.4, 0.5) is 0 Å². The fraction of sp³-hybridized carbons (Fsp3) is 0.294. The summed E-state index contributed by atoms with van der Waals surface area (Å²) in [5.74, 6) is 0.794. The van der Waals surface area contributed by atoms with E-state index in [4.69, 9.17) is 0 Å². The maximum Gasteiger partial charge on any atom is 0.258 e. The molecule has 0 spiro atoms. The van der Waals surface area contributed by atoms with Crippen LogP contribution in [0.1, 0.15) is 29.6 Å². The number of nitrogens with one attached hydrogen (secondary N) is 2. The number of hydrogen-bond donors (Lipinski definition) is 2. The van der Waals surface area contributed by atoms with E-state index in [1.807, 2.05) is 35.6 Å². The van der Waals surface area contributed by atoms with Crippen LogP contribution in [0.5, 0.6) is 0 Å². The molecule has 0 saturated carbocycles. The number of likely N-dealkylation sites (tertiary alicyclic amines) is 1. The monoisotopic (exact) mass is 312 g/mol. The first-order valence-electron chi connectivity index (χ1n) is 7.67. The summed E-state index contributed by atoms with van der Waals surface area (Å²) in [5.41, 5.74) is 0.749. The molecule has 1 aromatic carbocycles. The van der Waals surface area contributed by atoms with Crippen LogP contribution in [0.15, 0.2) is 46.6 Å². The first-order valence-corrected chi connectivity index (χ1v) is 8.55. The predicted molar refractivity (Wildman–Crippen MR) is 88.2 cm³/mol. The summed E-state index contributed by atoms with van der Waals surface area (Å²) in [4.78, 5) is 22.7. The molecule has 0 bridgehead atoms. The zero-order valence-corrected chi connectivity index (χ0v) is 13.0. The summed E-state index contributed by atoms with van der Waals surface area (Å²) < 4.78 is 0. The van der Waals surface area contributed by atoms with Crippen LogP contribution in [-0.2, 0) is 6.54 Å². The van der Waals surface area contributed by atoms with Crippen molar-refractivity contribution >= 4 is 22.2 Å². The zero-order valence-electron chi connectivity index (χ0n) is 12.2. The van der Waals surface area contributed by atoms with E-state index in [0.717, 1.165) is 24.4 Å². The van der Waals surface area contributed by atoms with Crippen LogP contribution < -0.4 is 10.5 Å². The molecule has 1 aliphatic rings. The number of hydrogen-bond acceptors (Lipinski definition) is 3. The standard InChI is InChI=1S/C17H17N3OS/c21-17-12-5-1-2-6-13(12)18-16(19-17)11-20-9-3-7-14(20)15-8-4-10-22-15/h1-2,4-6,8,10,14H,3,7,9,11H2,(H,18,19,21)/p+1/t14-/m0/s1. The quantitative estimate of drug-likeness (QED) is 0.776. The van der Waals surface area contributed by atoms with E-state index in [1.165, 1.54) is 22.6 Å². The highest BCUT2D eigenvalue weighted by molar-refractivity contribution is 7.10. The Labute approximate surface area is 132 Å². The van der Waals surface area contributed by atoms with Crippen molar-refractivity contribution in [2.45, 2.75) is 25.4 Å². The van der Waals surface area contributed by atoms with Gasteiger partial charge < -0.3 is 9.88 Å². The van der Waals surface area contributed by atoms with Crippen molar-refractivity contribution < 1.29 is 4.90 Å². The Morgan fingerprint density at radius 1 is 1.27 bits per heavy atom. The van der Waals surface area contributed by atoms with Crippen molar-refractivity contribution in [1.29, 1.82) is 0 Å². The second-order valence-corrected chi connectivity index (χ2v) is 6.80. The number of quaternary nitrogens is 1. The fourth-order valence-corrected chi connectivity index (χ4v) is 4.31. The first-order chi connectivity index (χ1) is 10.8. The summed E-state index contributed by atoms with van der Waals surface area (Å²) >= 11 is 1.83. The fourth-order valence-electron chi connectivity index (χ4n) is 3.39. The third kappa shape index (κ3) is 2.46. The minimum atomic E-state index is -0.0353. The van der Waals surface area contributed by atoms with E-state index in [1.54, 1.807) is 0 Å². The van der Waals surface area contributed by atoms with Gasteiger partial charge in [0, 0.05) is 12.8 Å². The maximum atomic E-state index is 12.2. The molecule has 5 heteroatoms. The number of aromatic amines is 1. The molecule has 1 saturated heterocycles. The topological polar surface area (TPSA) is 50.2 Å². The molecule has 0 aliphatic carbocycles. The van der Waals surface area contributed by atoms with Gasteiger partial charge in [-0.3, -0.25) is 4.79 Å². The summed E-state index contributed by atoms with van der Waals surface area (Å²) in [6, 6.07) is 12.4. The molecule has 112 valence electrons. The number of rotatable bonds is 3. The Balaban J connectivity index is 1.64. The normalized spacial score (nSPS) is 21.5. The second-order valence-electron chi connectivity index (χ2n) is 5.83. The highest BCUT2D eigenvalue weighted by Gasteiger charge is 2.31. The largest absolute Gasteiger partial charge is 0.322 e. The lowest BCUT2D eigenvalue weighted by molar-refractivity contribution is -0.932. The molecule has 1 aliphatic heterocycles. The Kier molecular flexibility index (Phi) is 3.52. The van der Waals surface area contributed by atoms with E-state index in [0.29, 0.717) is 11.4 Å². The van der Waals surface area contributed by atoms with Gasteiger partial charge in [-0.15, -0.1) is 11.3 Å². The lowest BCUT2D eigenvalue weighted by Crippen LogP contribution is -3.09. The molecule has 4 rings (SSSR count). The number of aromatic nitrogens is 2. The molecule has 22 heavy (non-hydrogen) atoms. The van der Waals surface area contributed by atoms with Crippen molar-refractivity contribution in [3.63, 3.8) is 0 Å². The third-order valence-corrected chi connectivity index (χ3v) is 5.41. The van der Waals surface area contributed by atoms with Gasteiger partial charge in [-0.1, -0.05) is 18.2 Å². The highest BCUT2D eigenvalue weighted by Crippen LogP contribution is 2.23. The summed E-state index contributed by atoms with van der Waals surface area (Å²) in [7, 11) is 0. The van der Waals surface area contributed by atoms with Gasteiger partial charge in [0.15, 0.2) is 5.82 Å². The van der Waals surface area contributed by atoms with Crippen LogP contribution in [-0.4, -0.2) is 16.5 Å². The predicted octanol–water partition coefficient (Wildman–Crippen LogP) is 1.90. The first kappa shape index (κ1) is 13.7. The number of fused-ring (bicyclic) bond motifs is 1. The van der Waals surface area contributed by atoms with Crippen molar-refractivity contribution in [1.82, 2.24) is 9.97 Å². The number of para-hydroxylation sites is 1. The average Bonchev–Trinajstić information content (AvgIpc) is 3.18. The van der Waals surface area contributed by atoms with Crippen molar-refractivity contribution in [2.75, 3.05) is 6.54 Å². The molecule has 3 aromatic rings. The number of nitrogens with zero attached hydrogens (tertiary/aromatic N) is 1. The minimum Gasteiger partial charge on any atom is -0.322 e. The van der Waals surface area contributed by atoms with Crippen molar-refractivity contribution in [3.8, 4) is 0 Å². The van der Waals surface area contributed by atoms with Gasteiger partial charge in [-0.05, 0) is 23.6 Å².